The summed E-state index contributed by atoms with van der Waals surface area (Å²) in [7, 11) is 0. The monoisotopic (exact) mass is 345 g/mol. The molecule has 3 rings (SSSR count). The predicted octanol–water partition coefficient (Wildman–Crippen LogP) is 4.81. The topological polar surface area (TPSA) is 52.3 Å². The normalized spacial score (nSPS) is 11.0. The quantitative estimate of drug-likeness (QED) is 0.491. The fourth-order valence-corrected chi connectivity index (χ4v) is 2.70. The van der Waals surface area contributed by atoms with Crippen LogP contribution < -0.4 is 0 Å². The Morgan fingerprint density at radius 1 is 1.30 bits per heavy atom. The van der Waals surface area contributed by atoms with Crippen LogP contribution in [-0.4, -0.2) is 11.0 Å². The van der Waals surface area contributed by atoms with E-state index in [1.165, 1.54) is 23.7 Å². The molecule has 0 amide bonds. The molecular formula is C17H12ClNO3S. The first kappa shape index (κ1) is 15.5. The number of nitrogens with zero attached hydrogens (tertiary/aromatic N) is 1. The Labute approximate surface area is 142 Å². The Morgan fingerprint density at radius 2 is 2.17 bits per heavy atom. The highest BCUT2D eigenvalue weighted by Crippen LogP contribution is 2.23. The summed E-state index contributed by atoms with van der Waals surface area (Å²) in [5, 5.41) is 2.52. The summed E-state index contributed by atoms with van der Waals surface area (Å²) in [6.07, 6.45) is 4.44. The highest BCUT2D eigenvalue weighted by molar-refractivity contribution is 7.13. The van der Waals surface area contributed by atoms with Gasteiger partial charge in [-0.3, -0.25) is 0 Å². The molecule has 0 aliphatic rings. The van der Waals surface area contributed by atoms with Crippen molar-refractivity contribution in [2.45, 2.75) is 6.61 Å². The minimum Gasteiger partial charge on any atom is -0.456 e. The van der Waals surface area contributed by atoms with Crippen molar-refractivity contribution in [2.24, 2.45) is 0 Å². The molecule has 2 aromatic heterocycles. The van der Waals surface area contributed by atoms with Gasteiger partial charge in [-0.1, -0.05) is 35.9 Å². The van der Waals surface area contributed by atoms with Crippen molar-refractivity contribution in [3.63, 3.8) is 0 Å². The number of ether oxygens (including phenoxy) is 1. The second kappa shape index (κ2) is 7.26. The van der Waals surface area contributed by atoms with Crippen LogP contribution in [0.4, 0.5) is 0 Å². The molecule has 1 aromatic carbocycles. The van der Waals surface area contributed by atoms with Gasteiger partial charge in [-0.15, -0.1) is 11.3 Å². The maximum Gasteiger partial charge on any atom is 0.331 e. The number of halogens is 1. The maximum atomic E-state index is 11.7. The van der Waals surface area contributed by atoms with Crippen molar-refractivity contribution >= 4 is 35.0 Å². The van der Waals surface area contributed by atoms with E-state index in [-0.39, 0.29) is 6.61 Å². The molecule has 6 heteroatoms. The maximum absolute atomic E-state index is 11.7. The van der Waals surface area contributed by atoms with Crippen LogP contribution in [0, 0.1) is 0 Å². The fraction of sp³-hybridized carbons (Fsp3) is 0.0588. The third kappa shape index (κ3) is 4.09. The molecule has 0 aliphatic carbocycles. The molecule has 0 saturated carbocycles. The third-order valence-corrected chi connectivity index (χ3v) is 4.15. The van der Waals surface area contributed by atoms with Crippen LogP contribution in [0.1, 0.15) is 11.3 Å². The molecule has 0 radical (unpaired) electrons. The molecule has 0 unspecified atom stereocenters. The van der Waals surface area contributed by atoms with E-state index in [1.54, 1.807) is 12.1 Å². The third-order valence-electron chi connectivity index (χ3n) is 2.95. The van der Waals surface area contributed by atoms with Gasteiger partial charge < -0.3 is 9.15 Å². The minimum absolute atomic E-state index is 0.0561. The van der Waals surface area contributed by atoms with Crippen molar-refractivity contribution in [3.8, 4) is 10.8 Å². The smallest absolute Gasteiger partial charge is 0.331 e. The number of aromatic nitrogens is 1. The Hall–Kier alpha value is -2.37. The summed E-state index contributed by atoms with van der Waals surface area (Å²) < 4.78 is 10.5. The first-order chi connectivity index (χ1) is 11.2. The van der Waals surface area contributed by atoms with Gasteiger partial charge in [-0.2, -0.15) is 0 Å². The Bertz CT molecular complexity index is 824. The van der Waals surface area contributed by atoms with Gasteiger partial charge >= 0.3 is 5.97 Å². The molecule has 0 saturated heterocycles. The van der Waals surface area contributed by atoms with E-state index in [0.29, 0.717) is 16.6 Å². The van der Waals surface area contributed by atoms with Crippen LogP contribution in [0.25, 0.3) is 16.8 Å². The van der Waals surface area contributed by atoms with Gasteiger partial charge in [0, 0.05) is 11.1 Å². The Balaban J connectivity index is 1.56. The number of esters is 1. The zero-order valence-corrected chi connectivity index (χ0v) is 13.5. The molecule has 116 valence electrons. The van der Waals surface area contributed by atoms with Gasteiger partial charge in [0.05, 0.1) is 4.88 Å². The Morgan fingerprint density at radius 3 is 2.96 bits per heavy atom. The number of hydrogen-bond donors (Lipinski definition) is 0. The average Bonchev–Trinajstić information content (AvgIpc) is 3.23. The average molecular weight is 346 g/mol. The lowest BCUT2D eigenvalue weighted by atomic mass is 10.2. The van der Waals surface area contributed by atoms with Crippen molar-refractivity contribution in [3.05, 3.63) is 70.4 Å². The number of thiophene rings is 1. The lowest BCUT2D eigenvalue weighted by Crippen LogP contribution is -2.00. The molecule has 0 fully saturated rings. The first-order valence-corrected chi connectivity index (χ1v) is 8.06. The standard InChI is InChI=1S/C17H12ClNO3S/c18-14-5-2-1-4-12(14)7-8-16(20)21-10-13-11-22-17(19-13)15-6-3-9-23-15/h1-9,11H,10H2/b8-7+. The second-order valence-corrected chi connectivity index (χ2v) is 5.94. The van der Waals surface area contributed by atoms with Crippen molar-refractivity contribution in [1.29, 1.82) is 0 Å². The van der Waals surface area contributed by atoms with Crippen molar-refractivity contribution in [1.82, 2.24) is 4.98 Å². The summed E-state index contributed by atoms with van der Waals surface area (Å²) in [5.41, 5.74) is 1.32. The second-order valence-electron chi connectivity index (χ2n) is 4.58. The largest absolute Gasteiger partial charge is 0.456 e. The summed E-state index contributed by atoms with van der Waals surface area (Å²) in [6, 6.07) is 11.1. The molecule has 0 bridgehead atoms. The van der Waals surface area contributed by atoms with Crippen LogP contribution in [0.15, 0.2) is 58.5 Å². The van der Waals surface area contributed by atoms with Crippen molar-refractivity contribution < 1.29 is 13.9 Å². The molecule has 0 atom stereocenters. The van der Waals surface area contributed by atoms with Crippen LogP contribution >= 0.6 is 22.9 Å². The van der Waals surface area contributed by atoms with Gasteiger partial charge in [-0.05, 0) is 29.2 Å². The molecule has 0 N–H and O–H groups in total. The number of carbonyl (C=O) groups excluding carboxylic acids is 1. The zero-order valence-electron chi connectivity index (χ0n) is 11.9. The van der Waals surface area contributed by atoms with Crippen LogP contribution in [0.2, 0.25) is 5.02 Å². The minimum atomic E-state index is -0.467. The fourth-order valence-electron chi connectivity index (χ4n) is 1.85. The van der Waals surface area contributed by atoms with E-state index in [9.17, 15) is 4.79 Å². The summed E-state index contributed by atoms with van der Waals surface area (Å²) in [4.78, 5) is 16.9. The molecular weight excluding hydrogens is 334 g/mol. The van der Waals surface area contributed by atoms with Crippen LogP contribution in [-0.2, 0) is 16.1 Å². The predicted molar refractivity (Wildman–Crippen MR) is 90.1 cm³/mol. The molecule has 3 aromatic rings. The van der Waals surface area contributed by atoms with E-state index in [1.807, 2.05) is 35.7 Å². The van der Waals surface area contributed by atoms with Gasteiger partial charge in [0.2, 0.25) is 5.89 Å². The number of hydrogen-bond acceptors (Lipinski definition) is 5. The number of oxazole rings is 1. The van der Waals surface area contributed by atoms with Gasteiger partial charge in [-0.25, -0.2) is 9.78 Å². The van der Waals surface area contributed by atoms with Crippen molar-refractivity contribution in [2.75, 3.05) is 0 Å². The lowest BCUT2D eigenvalue weighted by molar-refractivity contribution is -0.139. The van der Waals surface area contributed by atoms with E-state index in [2.05, 4.69) is 4.98 Å². The molecule has 2 heterocycles. The van der Waals surface area contributed by atoms with E-state index in [4.69, 9.17) is 20.8 Å². The summed E-state index contributed by atoms with van der Waals surface area (Å²) in [5.74, 6) is 0.0586. The van der Waals surface area contributed by atoms with Gasteiger partial charge in [0.25, 0.3) is 0 Å². The van der Waals surface area contributed by atoms with Crippen LogP contribution in [0.5, 0.6) is 0 Å². The highest BCUT2D eigenvalue weighted by atomic mass is 35.5. The molecule has 23 heavy (non-hydrogen) atoms. The first-order valence-electron chi connectivity index (χ1n) is 6.80. The zero-order chi connectivity index (χ0) is 16.1. The number of benzene rings is 1. The lowest BCUT2D eigenvalue weighted by Gasteiger charge is -1.99. The molecule has 4 nitrogen and oxygen atoms in total. The number of carbonyl (C=O) groups is 1. The molecule has 0 aliphatic heterocycles. The SMILES string of the molecule is O=C(/C=C/c1ccccc1Cl)OCc1coc(-c2cccs2)n1. The van der Waals surface area contributed by atoms with E-state index >= 15 is 0 Å². The van der Waals surface area contributed by atoms with Gasteiger partial charge in [0.15, 0.2) is 0 Å². The van der Waals surface area contributed by atoms with E-state index < -0.39 is 5.97 Å². The summed E-state index contributed by atoms with van der Waals surface area (Å²) >= 11 is 7.54. The Kier molecular flexibility index (Phi) is 4.90. The molecule has 0 spiro atoms. The highest BCUT2D eigenvalue weighted by Gasteiger charge is 2.08. The van der Waals surface area contributed by atoms with Gasteiger partial charge in [0.1, 0.15) is 18.6 Å². The van der Waals surface area contributed by atoms with E-state index in [0.717, 1.165) is 10.4 Å². The number of rotatable bonds is 5. The summed E-state index contributed by atoms with van der Waals surface area (Å²) in [6.45, 7) is 0.0561. The van der Waals surface area contributed by atoms with Crippen LogP contribution in [0.3, 0.4) is 0 Å².